The number of thioether (sulfide) groups is 1. The Morgan fingerprint density at radius 2 is 2.09 bits per heavy atom. The van der Waals surface area contributed by atoms with Crippen LogP contribution in [0.2, 0.25) is 0 Å². The van der Waals surface area contributed by atoms with Gasteiger partial charge in [-0.1, -0.05) is 63.0 Å². The van der Waals surface area contributed by atoms with Gasteiger partial charge < -0.3 is 19.3 Å². The summed E-state index contributed by atoms with van der Waals surface area (Å²) < 4.78 is 18.2. The van der Waals surface area contributed by atoms with Crippen molar-refractivity contribution in [2.75, 3.05) is 12.9 Å². The molecule has 1 aromatic carbocycles. The molecule has 2 fully saturated rings. The van der Waals surface area contributed by atoms with Crippen LogP contribution >= 0.6 is 24.0 Å². The van der Waals surface area contributed by atoms with Gasteiger partial charge in [-0.05, 0) is 37.3 Å². The molecule has 1 amide bonds. The fraction of sp³-hybridized carbons (Fsp3) is 0.600. The second-order valence-corrected chi connectivity index (χ2v) is 11.6. The number of hydrogen-bond donors (Lipinski definition) is 1. The number of carbonyl (C=O) groups excluding carboxylic acids is 1. The van der Waals surface area contributed by atoms with Gasteiger partial charge in [-0.25, -0.2) is 0 Å². The highest BCUT2D eigenvalue weighted by molar-refractivity contribution is 8.23. The third kappa shape index (κ3) is 5.98. The molecule has 2 saturated heterocycles. The van der Waals surface area contributed by atoms with Crippen LogP contribution in [0.25, 0.3) is 0 Å². The van der Waals surface area contributed by atoms with Gasteiger partial charge in [0.1, 0.15) is 16.2 Å². The number of hydrogen-bond acceptors (Lipinski definition) is 7. The standard InChI is InChI=1S/C25H35NO5S2/c1-7-20-25(5,31-22(30-20)16-8-10-18(29-6)11-9-16)13-12-17(27)14-21(28)26-19(24(2,3)4)15-33-23(26)32/h7-11,17,19-20,22,27H,1,12-15H2,2-6H3/t17-,19-,20+,22?,25-/m1/s1. The third-order valence-corrected chi connectivity index (χ3v) is 7.85. The molecule has 1 aromatic rings. The number of thiocarbonyl (C=S) groups is 1. The SMILES string of the molecule is C=C[C@@H]1OC(c2ccc(OC)cc2)O[C@]1(C)CC[C@@H](O)CC(=O)N1C(=S)SC[C@@H]1C(C)(C)C. The van der Waals surface area contributed by atoms with Gasteiger partial charge in [0, 0.05) is 11.3 Å². The minimum atomic E-state index is -0.794. The Morgan fingerprint density at radius 3 is 2.67 bits per heavy atom. The normalized spacial score (nSPS) is 28.7. The molecule has 0 aromatic heterocycles. The summed E-state index contributed by atoms with van der Waals surface area (Å²) in [4.78, 5) is 14.7. The van der Waals surface area contributed by atoms with E-state index in [1.165, 1.54) is 11.8 Å². The monoisotopic (exact) mass is 493 g/mol. The molecule has 1 N–H and O–H groups in total. The predicted octanol–water partition coefficient (Wildman–Crippen LogP) is 4.86. The van der Waals surface area contributed by atoms with Crippen LogP contribution < -0.4 is 4.74 Å². The first kappa shape index (κ1) is 26.2. The minimum absolute atomic E-state index is 0.0326. The Kier molecular flexibility index (Phi) is 8.28. The number of rotatable bonds is 8. The summed E-state index contributed by atoms with van der Waals surface area (Å²) >= 11 is 6.95. The average Bonchev–Trinajstić information content (AvgIpc) is 3.32. The highest BCUT2D eigenvalue weighted by Gasteiger charge is 2.46. The lowest BCUT2D eigenvalue weighted by atomic mass is 9.86. The van der Waals surface area contributed by atoms with Crippen LogP contribution in [0.5, 0.6) is 5.75 Å². The lowest BCUT2D eigenvalue weighted by Gasteiger charge is -2.34. The highest BCUT2D eigenvalue weighted by atomic mass is 32.2. The zero-order valence-electron chi connectivity index (χ0n) is 20.1. The molecule has 33 heavy (non-hydrogen) atoms. The number of amides is 1. The first-order valence-corrected chi connectivity index (χ1v) is 12.6. The summed E-state index contributed by atoms with van der Waals surface area (Å²) in [5.74, 6) is 1.43. The number of aliphatic hydroxyl groups is 1. The minimum Gasteiger partial charge on any atom is -0.497 e. The van der Waals surface area contributed by atoms with E-state index in [9.17, 15) is 9.90 Å². The molecule has 0 saturated carbocycles. The Bertz CT molecular complexity index is 869. The number of ether oxygens (including phenoxy) is 3. The smallest absolute Gasteiger partial charge is 0.230 e. The van der Waals surface area contributed by atoms with Gasteiger partial charge in [0.25, 0.3) is 0 Å². The van der Waals surface area contributed by atoms with E-state index < -0.39 is 18.0 Å². The first-order valence-electron chi connectivity index (χ1n) is 11.2. The molecule has 0 aliphatic carbocycles. The van der Waals surface area contributed by atoms with Crippen LogP contribution in [0.4, 0.5) is 0 Å². The Hall–Kier alpha value is -1.45. The molecular weight excluding hydrogens is 458 g/mol. The average molecular weight is 494 g/mol. The second kappa shape index (κ2) is 10.4. The van der Waals surface area contributed by atoms with Gasteiger partial charge in [-0.2, -0.15) is 0 Å². The van der Waals surface area contributed by atoms with E-state index in [2.05, 4.69) is 27.4 Å². The summed E-state index contributed by atoms with van der Waals surface area (Å²) in [6.45, 7) is 12.2. The van der Waals surface area contributed by atoms with Crippen molar-refractivity contribution in [3.8, 4) is 5.75 Å². The molecule has 3 rings (SSSR count). The molecule has 0 radical (unpaired) electrons. The predicted molar refractivity (Wildman–Crippen MR) is 135 cm³/mol. The molecule has 2 aliphatic rings. The number of methoxy groups -OCH3 is 1. The van der Waals surface area contributed by atoms with E-state index in [4.69, 9.17) is 26.4 Å². The zero-order valence-corrected chi connectivity index (χ0v) is 21.7. The molecule has 0 bridgehead atoms. The van der Waals surface area contributed by atoms with E-state index in [1.807, 2.05) is 31.2 Å². The van der Waals surface area contributed by atoms with E-state index in [0.717, 1.165) is 17.1 Å². The van der Waals surface area contributed by atoms with Gasteiger partial charge in [0.15, 0.2) is 6.29 Å². The second-order valence-electron chi connectivity index (χ2n) is 9.95. The van der Waals surface area contributed by atoms with Crippen LogP contribution in [0.15, 0.2) is 36.9 Å². The fourth-order valence-corrected chi connectivity index (χ4v) is 5.97. The maximum absolute atomic E-state index is 13.0. The number of benzene rings is 1. The molecule has 8 heteroatoms. The van der Waals surface area contributed by atoms with Crippen molar-refractivity contribution in [1.29, 1.82) is 0 Å². The lowest BCUT2D eigenvalue weighted by molar-refractivity contribution is -0.132. The van der Waals surface area contributed by atoms with Crippen LogP contribution in [-0.2, 0) is 14.3 Å². The number of nitrogens with zero attached hydrogens (tertiary/aromatic N) is 1. The Morgan fingerprint density at radius 1 is 1.42 bits per heavy atom. The van der Waals surface area contributed by atoms with Gasteiger partial charge in [-0.15, -0.1) is 6.58 Å². The van der Waals surface area contributed by atoms with E-state index in [1.54, 1.807) is 18.1 Å². The van der Waals surface area contributed by atoms with Crippen LogP contribution in [-0.4, -0.2) is 56.9 Å². The van der Waals surface area contributed by atoms with Crippen molar-refractivity contribution in [2.45, 2.75) is 77.1 Å². The largest absolute Gasteiger partial charge is 0.497 e. The van der Waals surface area contributed by atoms with E-state index in [0.29, 0.717) is 17.2 Å². The maximum Gasteiger partial charge on any atom is 0.230 e. The zero-order chi connectivity index (χ0) is 24.4. The molecular formula is C25H35NO5S2. The summed E-state index contributed by atoms with van der Waals surface area (Å²) in [6.07, 6.45) is 1.03. The van der Waals surface area contributed by atoms with Crippen molar-refractivity contribution >= 4 is 34.2 Å². The maximum atomic E-state index is 13.0. The van der Waals surface area contributed by atoms with Crippen LogP contribution in [0.3, 0.4) is 0 Å². The molecule has 182 valence electrons. The van der Waals surface area contributed by atoms with Crippen LogP contribution in [0.1, 0.15) is 58.8 Å². The van der Waals surface area contributed by atoms with Crippen LogP contribution in [0, 0.1) is 5.41 Å². The molecule has 2 heterocycles. The third-order valence-electron chi connectivity index (χ3n) is 6.38. The Balaban J connectivity index is 1.60. The molecule has 2 aliphatic heterocycles. The molecule has 1 unspecified atom stereocenters. The van der Waals surface area contributed by atoms with Crippen molar-refractivity contribution in [2.24, 2.45) is 5.41 Å². The van der Waals surface area contributed by atoms with Gasteiger partial charge in [0.05, 0.1) is 31.3 Å². The molecule has 5 atom stereocenters. The van der Waals surface area contributed by atoms with Crippen molar-refractivity contribution < 1.29 is 24.1 Å². The fourth-order valence-electron chi connectivity index (χ4n) is 4.22. The van der Waals surface area contributed by atoms with Gasteiger partial charge in [0.2, 0.25) is 5.91 Å². The lowest BCUT2D eigenvalue weighted by Crippen LogP contribution is -2.46. The van der Waals surface area contributed by atoms with E-state index in [-0.39, 0.29) is 29.9 Å². The van der Waals surface area contributed by atoms with Gasteiger partial charge >= 0.3 is 0 Å². The summed E-state index contributed by atoms with van der Waals surface area (Å²) in [7, 11) is 1.62. The summed E-state index contributed by atoms with van der Waals surface area (Å²) in [6, 6.07) is 7.58. The van der Waals surface area contributed by atoms with Crippen molar-refractivity contribution in [3.63, 3.8) is 0 Å². The topological polar surface area (TPSA) is 68.2 Å². The molecule has 6 nitrogen and oxygen atoms in total. The van der Waals surface area contributed by atoms with Gasteiger partial charge in [-0.3, -0.25) is 9.69 Å². The number of aliphatic hydroxyl groups excluding tert-OH is 1. The van der Waals surface area contributed by atoms with Crippen molar-refractivity contribution in [3.05, 3.63) is 42.5 Å². The quantitative estimate of drug-likeness (QED) is 0.410. The summed E-state index contributed by atoms with van der Waals surface area (Å²) in [5, 5.41) is 10.7. The molecule has 0 spiro atoms. The summed E-state index contributed by atoms with van der Waals surface area (Å²) in [5.41, 5.74) is 0.142. The Labute approximate surface area is 206 Å². The highest BCUT2D eigenvalue weighted by Crippen LogP contribution is 2.42. The number of carbonyl (C=O) groups is 1. The van der Waals surface area contributed by atoms with E-state index >= 15 is 0 Å². The van der Waals surface area contributed by atoms with Crippen molar-refractivity contribution in [1.82, 2.24) is 4.90 Å². The first-order chi connectivity index (χ1) is 15.5.